The second kappa shape index (κ2) is 7.22. The van der Waals surface area contributed by atoms with E-state index in [0.717, 1.165) is 12.3 Å². The molecule has 0 fully saturated rings. The molecule has 1 aromatic rings. The number of allylic oxidation sites excluding steroid dienone is 1. The molecule has 1 rings (SSSR count). The molecule has 2 heteroatoms. The van der Waals surface area contributed by atoms with Gasteiger partial charge in [-0.15, -0.1) is 0 Å². The Morgan fingerprint density at radius 3 is 2.72 bits per heavy atom. The zero-order valence-corrected chi connectivity index (χ0v) is 12.2. The van der Waals surface area contributed by atoms with Crippen LogP contribution in [-0.2, 0) is 0 Å². The van der Waals surface area contributed by atoms with Crippen LogP contribution in [0.4, 0.5) is 0 Å². The lowest BCUT2D eigenvalue weighted by molar-refractivity contribution is 0.353. The van der Waals surface area contributed by atoms with Crippen molar-refractivity contribution < 1.29 is 4.74 Å². The first kappa shape index (κ1) is 14.8. The van der Waals surface area contributed by atoms with Gasteiger partial charge in [0.1, 0.15) is 12.4 Å². The zero-order valence-electron chi connectivity index (χ0n) is 12.2. The summed E-state index contributed by atoms with van der Waals surface area (Å²) in [6.45, 7) is 12.1. The van der Waals surface area contributed by atoms with Crippen molar-refractivity contribution in [1.29, 1.82) is 0 Å². The molecular formula is C16H25NO. The van der Waals surface area contributed by atoms with Crippen molar-refractivity contribution >= 4 is 0 Å². The van der Waals surface area contributed by atoms with Gasteiger partial charge in [0.25, 0.3) is 0 Å². The second-order valence-electron chi connectivity index (χ2n) is 4.91. The van der Waals surface area contributed by atoms with Crippen molar-refractivity contribution in [3.8, 4) is 5.75 Å². The van der Waals surface area contributed by atoms with Gasteiger partial charge in [-0.2, -0.15) is 0 Å². The molecule has 1 unspecified atom stereocenters. The summed E-state index contributed by atoms with van der Waals surface area (Å²) in [6.07, 6.45) is 2.10. The molecule has 0 aliphatic heterocycles. The third-order valence-corrected chi connectivity index (χ3v) is 2.88. The Morgan fingerprint density at radius 2 is 2.11 bits per heavy atom. The van der Waals surface area contributed by atoms with Gasteiger partial charge in [0.05, 0.1) is 0 Å². The van der Waals surface area contributed by atoms with Crippen LogP contribution in [0.3, 0.4) is 0 Å². The van der Waals surface area contributed by atoms with Gasteiger partial charge in [0, 0.05) is 11.6 Å². The summed E-state index contributed by atoms with van der Waals surface area (Å²) < 4.78 is 5.88. The number of rotatable bonds is 6. The van der Waals surface area contributed by atoms with Crippen molar-refractivity contribution in [2.45, 2.75) is 40.7 Å². The van der Waals surface area contributed by atoms with Crippen LogP contribution in [0.1, 0.15) is 44.9 Å². The summed E-state index contributed by atoms with van der Waals surface area (Å²) in [6, 6.07) is 6.72. The number of ether oxygens (including phenoxy) is 1. The second-order valence-corrected chi connectivity index (χ2v) is 4.91. The largest absolute Gasteiger partial charge is 0.489 e. The third kappa shape index (κ3) is 4.53. The number of benzene rings is 1. The Bertz CT molecular complexity index is 406. The number of nitrogens with one attached hydrogen (secondary N) is 1. The van der Waals surface area contributed by atoms with Gasteiger partial charge in [-0.3, -0.25) is 0 Å². The van der Waals surface area contributed by atoms with Crippen molar-refractivity contribution in [2.24, 2.45) is 0 Å². The molecular weight excluding hydrogens is 222 g/mol. The predicted octanol–water partition coefficient (Wildman–Crippen LogP) is 4.01. The Labute approximate surface area is 111 Å². The molecule has 0 saturated carbocycles. The zero-order chi connectivity index (χ0) is 13.5. The lowest BCUT2D eigenvalue weighted by Gasteiger charge is -2.18. The Hall–Kier alpha value is -1.28. The minimum Gasteiger partial charge on any atom is -0.489 e. The maximum absolute atomic E-state index is 5.88. The molecule has 0 heterocycles. The molecule has 0 saturated heterocycles. The van der Waals surface area contributed by atoms with E-state index in [1.54, 1.807) is 0 Å². The van der Waals surface area contributed by atoms with E-state index < -0.39 is 0 Å². The number of hydrogen-bond donors (Lipinski definition) is 1. The van der Waals surface area contributed by atoms with E-state index in [4.69, 9.17) is 4.74 Å². The highest BCUT2D eigenvalue weighted by molar-refractivity contribution is 5.39. The highest BCUT2D eigenvalue weighted by Gasteiger charge is 2.10. The molecule has 0 radical (unpaired) electrons. The maximum atomic E-state index is 5.88. The van der Waals surface area contributed by atoms with Crippen LogP contribution in [0, 0.1) is 6.92 Å². The minimum atomic E-state index is 0.317. The monoisotopic (exact) mass is 247 g/mol. The van der Waals surface area contributed by atoms with Crippen molar-refractivity contribution in [3.63, 3.8) is 0 Å². The van der Waals surface area contributed by atoms with Crippen LogP contribution in [0.15, 0.2) is 29.8 Å². The molecule has 0 bridgehead atoms. The predicted molar refractivity (Wildman–Crippen MR) is 78.2 cm³/mol. The first-order valence-electron chi connectivity index (χ1n) is 6.64. The minimum absolute atomic E-state index is 0.317. The van der Waals surface area contributed by atoms with E-state index in [2.05, 4.69) is 64.2 Å². The van der Waals surface area contributed by atoms with Crippen LogP contribution in [0.2, 0.25) is 0 Å². The average Bonchev–Trinajstić information content (AvgIpc) is 2.29. The lowest BCUT2D eigenvalue weighted by atomic mass is 10.0. The van der Waals surface area contributed by atoms with Gasteiger partial charge in [-0.25, -0.2) is 0 Å². The van der Waals surface area contributed by atoms with E-state index in [-0.39, 0.29) is 0 Å². The molecule has 1 N–H and O–H groups in total. The van der Waals surface area contributed by atoms with E-state index in [1.165, 1.54) is 16.7 Å². The molecule has 100 valence electrons. The lowest BCUT2D eigenvalue weighted by Crippen LogP contribution is -2.18. The van der Waals surface area contributed by atoms with Gasteiger partial charge < -0.3 is 10.1 Å². The Balaban J connectivity index is 2.86. The fourth-order valence-electron chi connectivity index (χ4n) is 1.84. The van der Waals surface area contributed by atoms with Crippen molar-refractivity contribution in [3.05, 3.63) is 41.0 Å². The molecule has 1 aromatic carbocycles. The standard InChI is InChI=1S/C16H25NO/c1-6-17-14(5)15-8-7-13(4)11-16(15)18-10-9-12(2)3/h7-9,11,14,17H,6,10H2,1-5H3. The topological polar surface area (TPSA) is 21.3 Å². The molecule has 18 heavy (non-hydrogen) atoms. The summed E-state index contributed by atoms with van der Waals surface area (Å²) in [7, 11) is 0. The third-order valence-electron chi connectivity index (χ3n) is 2.88. The van der Waals surface area contributed by atoms with Crippen LogP contribution in [-0.4, -0.2) is 13.2 Å². The Kier molecular flexibility index (Phi) is 5.93. The maximum Gasteiger partial charge on any atom is 0.124 e. The molecule has 0 aliphatic rings. The van der Waals surface area contributed by atoms with E-state index in [1.807, 2.05) is 0 Å². The summed E-state index contributed by atoms with van der Waals surface area (Å²) in [5.74, 6) is 0.987. The van der Waals surface area contributed by atoms with Crippen molar-refractivity contribution in [2.75, 3.05) is 13.2 Å². The van der Waals surface area contributed by atoms with Gasteiger partial charge in [-0.1, -0.05) is 24.6 Å². The molecule has 0 amide bonds. The Morgan fingerprint density at radius 1 is 1.39 bits per heavy atom. The average molecular weight is 247 g/mol. The quantitative estimate of drug-likeness (QED) is 0.767. The van der Waals surface area contributed by atoms with Crippen LogP contribution >= 0.6 is 0 Å². The van der Waals surface area contributed by atoms with Crippen LogP contribution < -0.4 is 10.1 Å². The fraction of sp³-hybridized carbons (Fsp3) is 0.500. The molecule has 2 nitrogen and oxygen atoms in total. The number of hydrogen-bond acceptors (Lipinski definition) is 2. The molecule has 0 aromatic heterocycles. The van der Waals surface area contributed by atoms with E-state index in [9.17, 15) is 0 Å². The van der Waals surface area contributed by atoms with Gasteiger partial charge >= 0.3 is 0 Å². The smallest absolute Gasteiger partial charge is 0.124 e. The first-order valence-corrected chi connectivity index (χ1v) is 6.64. The van der Waals surface area contributed by atoms with E-state index in [0.29, 0.717) is 12.6 Å². The SMILES string of the molecule is CCNC(C)c1ccc(C)cc1OCC=C(C)C. The van der Waals surface area contributed by atoms with Crippen LogP contribution in [0.25, 0.3) is 0 Å². The fourth-order valence-corrected chi connectivity index (χ4v) is 1.84. The molecule has 0 spiro atoms. The van der Waals surface area contributed by atoms with Crippen molar-refractivity contribution in [1.82, 2.24) is 5.32 Å². The highest BCUT2D eigenvalue weighted by atomic mass is 16.5. The van der Waals surface area contributed by atoms with Gasteiger partial charge in [0.2, 0.25) is 0 Å². The van der Waals surface area contributed by atoms with Gasteiger partial charge in [0.15, 0.2) is 0 Å². The van der Waals surface area contributed by atoms with Gasteiger partial charge in [-0.05, 0) is 51.9 Å². The first-order chi connectivity index (χ1) is 8.54. The molecule has 1 atom stereocenters. The summed E-state index contributed by atoms with van der Waals surface area (Å²) in [4.78, 5) is 0. The summed E-state index contributed by atoms with van der Waals surface area (Å²) in [5.41, 5.74) is 3.74. The molecule has 0 aliphatic carbocycles. The van der Waals surface area contributed by atoms with Crippen LogP contribution in [0.5, 0.6) is 5.75 Å². The summed E-state index contributed by atoms with van der Waals surface area (Å²) in [5, 5.41) is 3.43. The van der Waals surface area contributed by atoms with E-state index >= 15 is 0 Å². The highest BCUT2D eigenvalue weighted by Crippen LogP contribution is 2.26. The summed E-state index contributed by atoms with van der Waals surface area (Å²) >= 11 is 0. The normalized spacial score (nSPS) is 12.1. The number of aryl methyl sites for hydroxylation is 1.